The van der Waals surface area contributed by atoms with Crippen LogP contribution in [0.1, 0.15) is 12.8 Å². The van der Waals surface area contributed by atoms with Gasteiger partial charge in [0.1, 0.15) is 0 Å². The molecule has 8 heteroatoms. The van der Waals surface area contributed by atoms with E-state index in [2.05, 4.69) is 5.32 Å². The number of benzene rings is 1. The van der Waals surface area contributed by atoms with Crippen LogP contribution >= 0.6 is 0 Å². The van der Waals surface area contributed by atoms with E-state index in [1.54, 1.807) is 0 Å². The Bertz CT molecular complexity index is 537. The van der Waals surface area contributed by atoms with E-state index in [0.29, 0.717) is 31.8 Å². The maximum atomic E-state index is 13.0. The number of ether oxygens (including phenoxy) is 1. The van der Waals surface area contributed by atoms with Crippen molar-refractivity contribution in [3.05, 3.63) is 29.6 Å². The molecule has 1 atom stereocenters. The van der Waals surface area contributed by atoms with Gasteiger partial charge in [0.2, 0.25) is 0 Å². The average molecular weight is 302 g/mol. The summed E-state index contributed by atoms with van der Waals surface area (Å²) in [5, 5.41) is 4.44. The summed E-state index contributed by atoms with van der Waals surface area (Å²) in [5.41, 5.74) is -0.341. The molecule has 5 nitrogen and oxygen atoms in total. The van der Waals surface area contributed by atoms with Gasteiger partial charge in [0.15, 0.2) is 17.5 Å². The highest BCUT2D eigenvalue weighted by Gasteiger charge is 2.21. The average Bonchev–Trinajstić information content (AvgIpc) is 2.45. The van der Waals surface area contributed by atoms with Gasteiger partial charge in [-0.1, -0.05) is 0 Å². The van der Waals surface area contributed by atoms with E-state index in [0.717, 1.165) is 6.42 Å². The minimum Gasteiger partial charge on any atom is -0.379 e. The summed E-state index contributed by atoms with van der Waals surface area (Å²) in [4.78, 5) is 23.2. The van der Waals surface area contributed by atoms with Crippen molar-refractivity contribution in [1.82, 2.24) is 5.32 Å². The Kier molecular flexibility index (Phi) is 4.79. The van der Waals surface area contributed by atoms with Crippen LogP contribution in [0.5, 0.6) is 0 Å². The molecule has 1 aromatic rings. The zero-order valence-electron chi connectivity index (χ0n) is 10.9. The Hall–Kier alpha value is -2.09. The first kappa shape index (κ1) is 15.3. The normalized spacial score (nSPS) is 18.1. The quantitative estimate of drug-likeness (QED) is 0.640. The third kappa shape index (κ3) is 3.94. The van der Waals surface area contributed by atoms with Crippen LogP contribution in [0, 0.1) is 17.5 Å². The van der Waals surface area contributed by atoms with Crippen LogP contribution < -0.4 is 10.6 Å². The number of rotatable bonds is 2. The minimum atomic E-state index is -1.64. The van der Waals surface area contributed by atoms with E-state index in [1.165, 1.54) is 0 Å². The molecule has 1 heterocycles. The van der Waals surface area contributed by atoms with E-state index in [9.17, 15) is 22.8 Å². The lowest BCUT2D eigenvalue weighted by Crippen LogP contribution is -2.45. The number of amides is 2. The van der Waals surface area contributed by atoms with Gasteiger partial charge in [0, 0.05) is 24.4 Å². The summed E-state index contributed by atoms with van der Waals surface area (Å²) in [6.45, 7) is 0.908. The lowest BCUT2D eigenvalue weighted by Gasteiger charge is -2.22. The Balaban J connectivity index is 1.95. The molecule has 1 aromatic carbocycles. The Morgan fingerprint density at radius 2 is 1.81 bits per heavy atom. The second-order valence-electron chi connectivity index (χ2n) is 4.60. The SMILES string of the molecule is O=C(Nc1cc(F)c(F)c(F)c1)C(=O)NC1CCCOC1. The third-order valence-corrected chi connectivity index (χ3v) is 2.94. The van der Waals surface area contributed by atoms with Gasteiger partial charge in [-0.2, -0.15) is 0 Å². The molecule has 0 radical (unpaired) electrons. The number of carbonyl (C=O) groups is 2. The fourth-order valence-corrected chi connectivity index (χ4v) is 1.92. The van der Waals surface area contributed by atoms with Crippen molar-refractivity contribution < 1.29 is 27.5 Å². The third-order valence-electron chi connectivity index (χ3n) is 2.94. The summed E-state index contributed by atoms with van der Waals surface area (Å²) >= 11 is 0. The molecule has 1 saturated heterocycles. The van der Waals surface area contributed by atoms with Gasteiger partial charge >= 0.3 is 11.8 Å². The van der Waals surface area contributed by atoms with Gasteiger partial charge in [-0.25, -0.2) is 13.2 Å². The Morgan fingerprint density at radius 3 is 2.38 bits per heavy atom. The van der Waals surface area contributed by atoms with Crippen LogP contribution in [0.25, 0.3) is 0 Å². The molecular formula is C13H13F3N2O3. The van der Waals surface area contributed by atoms with Crippen LogP contribution in [0.2, 0.25) is 0 Å². The molecule has 0 aliphatic carbocycles. The van der Waals surface area contributed by atoms with Gasteiger partial charge in [-0.15, -0.1) is 0 Å². The smallest absolute Gasteiger partial charge is 0.313 e. The number of halogens is 3. The molecule has 2 N–H and O–H groups in total. The zero-order chi connectivity index (χ0) is 15.4. The number of hydrogen-bond acceptors (Lipinski definition) is 3. The molecule has 0 spiro atoms. The topological polar surface area (TPSA) is 67.4 Å². The molecule has 21 heavy (non-hydrogen) atoms. The molecule has 1 unspecified atom stereocenters. The minimum absolute atomic E-state index is 0.279. The molecule has 0 aromatic heterocycles. The van der Waals surface area contributed by atoms with Crippen LogP contribution in [0.3, 0.4) is 0 Å². The van der Waals surface area contributed by atoms with E-state index in [4.69, 9.17) is 4.74 Å². The van der Waals surface area contributed by atoms with Gasteiger partial charge in [-0.05, 0) is 12.8 Å². The molecule has 1 fully saturated rings. The molecule has 2 amide bonds. The highest BCUT2D eigenvalue weighted by atomic mass is 19.2. The van der Waals surface area contributed by atoms with E-state index in [1.807, 2.05) is 5.32 Å². The molecule has 1 aliphatic heterocycles. The van der Waals surface area contributed by atoms with Crippen molar-refractivity contribution in [3.8, 4) is 0 Å². The number of hydrogen-bond donors (Lipinski definition) is 2. The fraction of sp³-hybridized carbons (Fsp3) is 0.385. The maximum absolute atomic E-state index is 13.0. The van der Waals surface area contributed by atoms with Crippen molar-refractivity contribution >= 4 is 17.5 Å². The summed E-state index contributed by atoms with van der Waals surface area (Å²) in [6.07, 6.45) is 1.44. The van der Waals surface area contributed by atoms with E-state index < -0.39 is 29.3 Å². The molecule has 1 aliphatic rings. The predicted octanol–water partition coefficient (Wildman–Crippen LogP) is 1.34. The summed E-state index contributed by atoms with van der Waals surface area (Å²) < 4.78 is 43.9. The number of anilines is 1. The highest BCUT2D eigenvalue weighted by Crippen LogP contribution is 2.17. The lowest BCUT2D eigenvalue weighted by atomic mass is 10.1. The Morgan fingerprint density at radius 1 is 1.14 bits per heavy atom. The monoisotopic (exact) mass is 302 g/mol. The predicted molar refractivity (Wildman–Crippen MR) is 66.9 cm³/mol. The number of carbonyl (C=O) groups excluding carboxylic acids is 2. The first-order valence-electron chi connectivity index (χ1n) is 6.31. The van der Waals surface area contributed by atoms with Gasteiger partial charge in [0.05, 0.1) is 12.6 Å². The van der Waals surface area contributed by atoms with Crippen molar-refractivity contribution in [3.63, 3.8) is 0 Å². The summed E-state index contributed by atoms with van der Waals surface area (Å²) in [5.74, 6) is -6.59. The van der Waals surface area contributed by atoms with Gasteiger partial charge in [-0.3, -0.25) is 9.59 Å². The molecular weight excluding hydrogens is 289 g/mol. The molecule has 114 valence electrons. The zero-order valence-corrected chi connectivity index (χ0v) is 10.9. The van der Waals surface area contributed by atoms with E-state index >= 15 is 0 Å². The summed E-state index contributed by atoms with van der Waals surface area (Å²) in [6, 6.07) is 0.902. The first-order valence-corrected chi connectivity index (χ1v) is 6.31. The number of nitrogens with one attached hydrogen (secondary N) is 2. The largest absolute Gasteiger partial charge is 0.379 e. The lowest BCUT2D eigenvalue weighted by molar-refractivity contribution is -0.137. The van der Waals surface area contributed by atoms with Crippen LogP contribution in [-0.4, -0.2) is 31.1 Å². The van der Waals surface area contributed by atoms with Crippen LogP contribution in [-0.2, 0) is 14.3 Å². The molecule has 2 rings (SSSR count). The second kappa shape index (κ2) is 6.57. The van der Waals surface area contributed by atoms with Crippen molar-refractivity contribution in [2.75, 3.05) is 18.5 Å². The fourth-order valence-electron chi connectivity index (χ4n) is 1.92. The van der Waals surface area contributed by atoms with Crippen molar-refractivity contribution in [2.24, 2.45) is 0 Å². The molecule has 0 saturated carbocycles. The van der Waals surface area contributed by atoms with Crippen LogP contribution in [0.15, 0.2) is 12.1 Å². The standard InChI is InChI=1S/C13H13F3N2O3/c14-9-4-8(5-10(15)11(9)16)18-13(20)12(19)17-7-2-1-3-21-6-7/h4-5,7H,1-3,6H2,(H,17,19)(H,18,20). The van der Waals surface area contributed by atoms with E-state index in [-0.39, 0.29) is 11.7 Å². The van der Waals surface area contributed by atoms with Crippen molar-refractivity contribution in [2.45, 2.75) is 18.9 Å². The maximum Gasteiger partial charge on any atom is 0.313 e. The first-order chi connectivity index (χ1) is 9.97. The second-order valence-corrected chi connectivity index (χ2v) is 4.60. The highest BCUT2D eigenvalue weighted by molar-refractivity contribution is 6.39. The summed E-state index contributed by atoms with van der Waals surface area (Å²) in [7, 11) is 0. The van der Waals surface area contributed by atoms with Gasteiger partial charge in [0.25, 0.3) is 0 Å². The van der Waals surface area contributed by atoms with Crippen molar-refractivity contribution in [1.29, 1.82) is 0 Å². The van der Waals surface area contributed by atoms with Crippen LogP contribution in [0.4, 0.5) is 18.9 Å². The Labute approximate surface area is 118 Å². The van der Waals surface area contributed by atoms with Gasteiger partial charge < -0.3 is 15.4 Å². The molecule has 0 bridgehead atoms.